The first-order valence-corrected chi connectivity index (χ1v) is 8.29. The number of rotatable bonds is 7. The van der Waals surface area contributed by atoms with Crippen molar-refractivity contribution in [2.75, 3.05) is 12.3 Å². The fraction of sp³-hybridized carbons (Fsp3) is 0.571. The molecule has 0 bridgehead atoms. The molecular weight excluding hydrogens is 276 g/mol. The van der Waals surface area contributed by atoms with E-state index in [1.165, 1.54) is 0 Å². The first-order valence-electron chi connectivity index (χ1n) is 6.64. The molecule has 0 aliphatic rings. The number of benzene rings is 1. The van der Waals surface area contributed by atoms with Crippen LogP contribution in [0.4, 0.5) is 5.69 Å². The molecule has 0 radical (unpaired) electrons. The number of aliphatic hydroxyl groups is 1. The number of sulfonamides is 1. The van der Waals surface area contributed by atoms with E-state index in [9.17, 15) is 13.5 Å². The molecule has 1 aromatic carbocycles. The summed E-state index contributed by atoms with van der Waals surface area (Å²) in [5.41, 5.74) is 5.77. The van der Waals surface area contributed by atoms with Gasteiger partial charge in [-0.15, -0.1) is 0 Å². The fourth-order valence-electron chi connectivity index (χ4n) is 2.10. The van der Waals surface area contributed by atoms with Gasteiger partial charge >= 0.3 is 0 Å². The van der Waals surface area contributed by atoms with E-state index in [0.29, 0.717) is 23.6 Å². The first kappa shape index (κ1) is 16.9. The van der Waals surface area contributed by atoms with Crippen molar-refractivity contribution < 1.29 is 13.5 Å². The molecule has 1 rings (SSSR count). The van der Waals surface area contributed by atoms with Crippen molar-refractivity contribution in [3.05, 3.63) is 29.8 Å². The Morgan fingerprint density at radius 3 is 2.35 bits per heavy atom. The first-order chi connectivity index (χ1) is 9.10. The molecule has 6 heteroatoms. The Morgan fingerprint density at radius 2 is 1.85 bits per heavy atom. The van der Waals surface area contributed by atoms with Gasteiger partial charge in [0.1, 0.15) is 0 Å². The zero-order valence-electron chi connectivity index (χ0n) is 12.3. The minimum Gasteiger partial charge on any atom is -0.399 e. The van der Waals surface area contributed by atoms with Gasteiger partial charge in [0.25, 0.3) is 0 Å². The zero-order chi connectivity index (χ0) is 15.4. The highest BCUT2D eigenvalue weighted by atomic mass is 32.2. The smallest absolute Gasteiger partial charge is 0.215 e. The van der Waals surface area contributed by atoms with Crippen molar-refractivity contribution in [3.63, 3.8) is 0 Å². The SMILES string of the molecule is CC(C)CC(C)(O)CNS(=O)(=O)Cc1ccc(N)cc1. The maximum absolute atomic E-state index is 12.0. The Kier molecular flexibility index (Phi) is 5.56. The summed E-state index contributed by atoms with van der Waals surface area (Å²) in [6.07, 6.45) is 0.539. The van der Waals surface area contributed by atoms with Gasteiger partial charge in [-0.05, 0) is 37.0 Å². The van der Waals surface area contributed by atoms with Crippen LogP contribution < -0.4 is 10.5 Å². The molecule has 5 nitrogen and oxygen atoms in total. The molecule has 0 aliphatic carbocycles. The maximum atomic E-state index is 12.0. The molecule has 1 aromatic rings. The number of nitrogens with two attached hydrogens (primary N) is 1. The Bertz CT molecular complexity index is 522. The van der Waals surface area contributed by atoms with Crippen LogP contribution in [0.1, 0.15) is 32.8 Å². The summed E-state index contributed by atoms with van der Waals surface area (Å²) in [4.78, 5) is 0. The topological polar surface area (TPSA) is 92.4 Å². The monoisotopic (exact) mass is 300 g/mol. The quantitative estimate of drug-likeness (QED) is 0.665. The second kappa shape index (κ2) is 6.56. The summed E-state index contributed by atoms with van der Waals surface area (Å²) in [7, 11) is -3.47. The molecular formula is C14H24N2O3S. The highest BCUT2D eigenvalue weighted by Gasteiger charge is 2.24. The zero-order valence-corrected chi connectivity index (χ0v) is 13.1. The highest BCUT2D eigenvalue weighted by Crippen LogP contribution is 2.16. The molecule has 0 aromatic heterocycles. The Morgan fingerprint density at radius 1 is 1.30 bits per heavy atom. The van der Waals surface area contributed by atoms with E-state index in [2.05, 4.69) is 4.72 Å². The van der Waals surface area contributed by atoms with E-state index in [-0.39, 0.29) is 12.3 Å². The maximum Gasteiger partial charge on any atom is 0.215 e. The minimum atomic E-state index is -3.47. The summed E-state index contributed by atoms with van der Waals surface area (Å²) in [6.45, 7) is 5.62. The molecule has 0 saturated heterocycles. The molecule has 0 heterocycles. The predicted molar refractivity (Wildman–Crippen MR) is 81.6 cm³/mol. The Balaban J connectivity index is 2.60. The van der Waals surface area contributed by atoms with Gasteiger partial charge in [-0.2, -0.15) is 0 Å². The van der Waals surface area contributed by atoms with Crippen LogP contribution in [0.3, 0.4) is 0 Å². The van der Waals surface area contributed by atoms with Gasteiger partial charge in [-0.1, -0.05) is 26.0 Å². The van der Waals surface area contributed by atoms with E-state index in [4.69, 9.17) is 5.73 Å². The number of anilines is 1. The van der Waals surface area contributed by atoms with Crippen LogP contribution in [0.2, 0.25) is 0 Å². The molecule has 1 unspecified atom stereocenters. The third kappa shape index (κ3) is 6.36. The average Bonchev–Trinajstić information content (AvgIpc) is 2.28. The minimum absolute atomic E-state index is 0.0164. The van der Waals surface area contributed by atoms with Crippen LogP contribution in [0.15, 0.2) is 24.3 Å². The predicted octanol–water partition coefficient (Wildman–Crippen LogP) is 1.49. The standard InChI is InChI=1S/C14H24N2O3S/c1-11(2)8-14(3,17)10-16-20(18,19)9-12-4-6-13(15)7-5-12/h4-7,11,16-17H,8-10,15H2,1-3H3. The summed E-state index contributed by atoms with van der Waals surface area (Å²) >= 11 is 0. The fourth-order valence-corrected chi connectivity index (χ4v) is 3.37. The lowest BCUT2D eigenvalue weighted by Crippen LogP contribution is -2.41. The van der Waals surface area contributed by atoms with Crippen LogP contribution in [0, 0.1) is 5.92 Å². The summed E-state index contributed by atoms with van der Waals surface area (Å²) < 4.78 is 26.4. The van der Waals surface area contributed by atoms with E-state index in [1.54, 1.807) is 31.2 Å². The van der Waals surface area contributed by atoms with Gasteiger partial charge in [0.15, 0.2) is 0 Å². The number of hydrogen-bond acceptors (Lipinski definition) is 4. The molecule has 0 aliphatic heterocycles. The lowest BCUT2D eigenvalue weighted by Gasteiger charge is -2.25. The third-order valence-electron chi connectivity index (χ3n) is 2.86. The van der Waals surface area contributed by atoms with Crippen molar-refractivity contribution in [2.24, 2.45) is 5.92 Å². The second-order valence-corrected chi connectivity index (χ2v) is 7.72. The van der Waals surface area contributed by atoms with Gasteiger partial charge < -0.3 is 10.8 Å². The third-order valence-corrected chi connectivity index (χ3v) is 4.15. The van der Waals surface area contributed by atoms with Crippen LogP contribution >= 0.6 is 0 Å². The van der Waals surface area contributed by atoms with E-state index in [1.807, 2.05) is 13.8 Å². The van der Waals surface area contributed by atoms with E-state index >= 15 is 0 Å². The van der Waals surface area contributed by atoms with Crippen molar-refractivity contribution in [1.29, 1.82) is 0 Å². The number of nitrogen functional groups attached to an aromatic ring is 1. The Labute approximate surface area is 121 Å². The van der Waals surface area contributed by atoms with Crippen LogP contribution in [-0.2, 0) is 15.8 Å². The molecule has 0 fully saturated rings. The van der Waals surface area contributed by atoms with Gasteiger partial charge in [0.2, 0.25) is 10.0 Å². The molecule has 0 spiro atoms. The molecule has 1 atom stereocenters. The molecule has 0 saturated carbocycles. The van der Waals surface area contributed by atoms with Gasteiger partial charge in [-0.3, -0.25) is 0 Å². The van der Waals surface area contributed by atoms with Gasteiger partial charge in [0.05, 0.1) is 11.4 Å². The molecule has 0 amide bonds. The van der Waals surface area contributed by atoms with Crippen LogP contribution in [0.25, 0.3) is 0 Å². The van der Waals surface area contributed by atoms with Gasteiger partial charge in [-0.25, -0.2) is 13.1 Å². The van der Waals surface area contributed by atoms with Crippen molar-refractivity contribution in [3.8, 4) is 0 Å². The molecule has 20 heavy (non-hydrogen) atoms. The summed E-state index contributed by atoms with van der Waals surface area (Å²) in [6, 6.07) is 6.70. The van der Waals surface area contributed by atoms with Crippen LogP contribution in [-0.4, -0.2) is 25.7 Å². The largest absolute Gasteiger partial charge is 0.399 e. The van der Waals surface area contributed by atoms with Crippen molar-refractivity contribution in [1.82, 2.24) is 4.72 Å². The van der Waals surface area contributed by atoms with Gasteiger partial charge in [0, 0.05) is 12.2 Å². The number of hydrogen-bond donors (Lipinski definition) is 3. The van der Waals surface area contributed by atoms with E-state index < -0.39 is 15.6 Å². The highest BCUT2D eigenvalue weighted by molar-refractivity contribution is 7.88. The Hall–Kier alpha value is -1.11. The normalized spacial score (nSPS) is 15.2. The lowest BCUT2D eigenvalue weighted by atomic mass is 9.95. The molecule has 4 N–H and O–H groups in total. The molecule has 114 valence electrons. The second-order valence-electron chi connectivity index (χ2n) is 5.92. The lowest BCUT2D eigenvalue weighted by molar-refractivity contribution is 0.0436. The van der Waals surface area contributed by atoms with E-state index in [0.717, 1.165) is 0 Å². The number of nitrogens with one attached hydrogen (secondary N) is 1. The summed E-state index contributed by atoms with van der Waals surface area (Å²) in [5, 5.41) is 10.1. The van der Waals surface area contributed by atoms with Crippen molar-refractivity contribution >= 4 is 15.7 Å². The average molecular weight is 300 g/mol. The van der Waals surface area contributed by atoms with Crippen LogP contribution in [0.5, 0.6) is 0 Å². The summed E-state index contributed by atoms with van der Waals surface area (Å²) in [5.74, 6) is 0.178. The van der Waals surface area contributed by atoms with Crippen molar-refractivity contribution in [2.45, 2.75) is 38.5 Å².